The van der Waals surface area contributed by atoms with E-state index in [1.165, 1.54) is 0 Å². The number of fused-ring (bicyclic) bond motifs is 1. The number of anilines is 2. The SMILES string of the molecule is O=C(c1cccc(Cl)c1)N1CCCc2cc(S(=O)(=O)N3CCN(c4ccccc4)CC3)ccc21. The lowest BCUT2D eigenvalue weighted by molar-refractivity contribution is 0.0985. The van der Waals surface area contributed by atoms with Gasteiger partial charge in [0.2, 0.25) is 10.0 Å². The normalized spacial score (nSPS) is 16.9. The minimum absolute atomic E-state index is 0.129. The summed E-state index contributed by atoms with van der Waals surface area (Å²) in [4.78, 5) is 17.3. The third-order valence-corrected chi connectivity index (χ3v) is 8.61. The summed E-state index contributed by atoms with van der Waals surface area (Å²) in [6.07, 6.45) is 1.51. The molecular formula is C26H26ClN3O3S. The smallest absolute Gasteiger partial charge is 0.258 e. The molecule has 3 aromatic rings. The Hall–Kier alpha value is -2.87. The number of rotatable bonds is 4. The zero-order valence-corrected chi connectivity index (χ0v) is 20.3. The molecule has 0 bridgehead atoms. The van der Waals surface area contributed by atoms with Crippen molar-refractivity contribution < 1.29 is 13.2 Å². The van der Waals surface area contributed by atoms with Crippen LogP contribution in [-0.2, 0) is 16.4 Å². The molecule has 2 aliphatic rings. The van der Waals surface area contributed by atoms with Crippen LogP contribution in [0.3, 0.4) is 0 Å². The molecule has 0 atom stereocenters. The van der Waals surface area contributed by atoms with Crippen molar-refractivity contribution in [1.29, 1.82) is 0 Å². The molecule has 0 aromatic heterocycles. The Morgan fingerprint density at radius 1 is 0.824 bits per heavy atom. The number of piperazine rings is 1. The molecule has 5 rings (SSSR count). The van der Waals surface area contributed by atoms with Crippen molar-refractivity contribution in [3.63, 3.8) is 0 Å². The first-order valence-electron chi connectivity index (χ1n) is 11.4. The molecule has 176 valence electrons. The summed E-state index contributed by atoms with van der Waals surface area (Å²) in [7, 11) is -3.61. The van der Waals surface area contributed by atoms with Gasteiger partial charge in [-0.15, -0.1) is 0 Å². The highest BCUT2D eigenvalue weighted by Crippen LogP contribution is 2.32. The minimum atomic E-state index is -3.61. The quantitative estimate of drug-likeness (QED) is 0.536. The molecule has 34 heavy (non-hydrogen) atoms. The van der Waals surface area contributed by atoms with Crippen LogP contribution in [0.15, 0.2) is 77.7 Å². The second-order valence-electron chi connectivity index (χ2n) is 8.59. The summed E-state index contributed by atoms with van der Waals surface area (Å²) in [5.74, 6) is -0.129. The van der Waals surface area contributed by atoms with Crippen LogP contribution in [0.1, 0.15) is 22.3 Å². The van der Waals surface area contributed by atoms with E-state index in [0.717, 1.165) is 29.8 Å². The van der Waals surface area contributed by atoms with Gasteiger partial charge in [0.15, 0.2) is 0 Å². The second-order valence-corrected chi connectivity index (χ2v) is 11.0. The number of hydrogen-bond donors (Lipinski definition) is 0. The van der Waals surface area contributed by atoms with E-state index in [2.05, 4.69) is 4.90 Å². The maximum atomic E-state index is 13.4. The number of sulfonamides is 1. The van der Waals surface area contributed by atoms with Gasteiger partial charge < -0.3 is 9.80 Å². The summed E-state index contributed by atoms with van der Waals surface area (Å²) >= 11 is 6.07. The predicted octanol–water partition coefficient (Wildman–Crippen LogP) is 4.44. The molecule has 0 saturated carbocycles. The van der Waals surface area contributed by atoms with Crippen molar-refractivity contribution in [3.8, 4) is 0 Å². The van der Waals surface area contributed by atoms with Crippen LogP contribution >= 0.6 is 11.6 Å². The van der Waals surface area contributed by atoms with Crippen LogP contribution in [-0.4, -0.2) is 51.4 Å². The van der Waals surface area contributed by atoms with Crippen LogP contribution in [0.4, 0.5) is 11.4 Å². The molecule has 1 saturated heterocycles. The first-order valence-corrected chi connectivity index (χ1v) is 13.3. The van der Waals surface area contributed by atoms with Gasteiger partial charge >= 0.3 is 0 Å². The van der Waals surface area contributed by atoms with E-state index in [1.54, 1.807) is 51.7 Å². The number of aryl methyl sites for hydroxylation is 1. The first-order chi connectivity index (χ1) is 16.4. The average Bonchev–Trinajstić information content (AvgIpc) is 2.88. The van der Waals surface area contributed by atoms with E-state index in [4.69, 9.17) is 11.6 Å². The van der Waals surface area contributed by atoms with E-state index >= 15 is 0 Å². The summed E-state index contributed by atoms with van der Waals surface area (Å²) in [5.41, 5.74) is 3.28. The maximum Gasteiger partial charge on any atom is 0.258 e. The van der Waals surface area contributed by atoms with Crippen molar-refractivity contribution >= 4 is 38.9 Å². The van der Waals surface area contributed by atoms with Gasteiger partial charge in [-0.2, -0.15) is 4.31 Å². The number of carbonyl (C=O) groups is 1. The van der Waals surface area contributed by atoms with Gasteiger partial charge in [-0.1, -0.05) is 35.9 Å². The zero-order valence-electron chi connectivity index (χ0n) is 18.7. The zero-order chi connectivity index (χ0) is 23.7. The largest absolute Gasteiger partial charge is 0.369 e. The molecule has 0 radical (unpaired) electrons. The molecule has 6 nitrogen and oxygen atoms in total. The van der Waals surface area contributed by atoms with Gasteiger partial charge in [0.1, 0.15) is 0 Å². The van der Waals surface area contributed by atoms with Crippen molar-refractivity contribution in [1.82, 2.24) is 4.31 Å². The molecule has 1 amide bonds. The summed E-state index contributed by atoms with van der Waals surface area (Å²) in [6, 6.07) is 22.1. The highest BCUT2D eigenvalue weighted by atomic mass is 35.5. The maximum absolute atomic E-state index is 13.4. The molecule has 1 fully saturated rings. The van der Waals surface area contributed by atoms with E-state index in [1.807, 2.05) is 30.3 Å². The number of nitrogens with zero attached hydrogens (tertiary/aromatic N) is 3. The van der Waals surface area contributed by atoms with Gasteiger partial charge in [-0.25, -0.2) is 8.42 Å². The topological polar surface area (TPSA) is 60.9 Å². The third kappa shape index (κ3) is 4.43. The van der Waals surface area contributed by atoms with Crippen molar-refractivity contribution in [2.75, 3.05) is 42.5 Å². The highest BCUT2D eigenvalue weighted by Gasteiger charge is 2.31. The lowest BCUT2D eigenvalue weighted by Crippen LogP contribution is -2.48. The molecule has 0 aliphatic carbocycles. The Morgan fingerprint density at radius 2 is 1.59 bits per heavy atom. The van der Waals surface area contributed by atoms with Crippen LogP contribution in [0.2, 0.25) is 5.02 Å². The Kier molecular flexibility index (Phi) is 6.34. The fourth-order valence-electron chi connectivity index (χ4n) is 4.70. The van der Waals surface area contributed by atoms with E-state index in [9.17, 15) is 13.2 Å². The minimum Gasteiger partial charge on any atom is -0.369 e. The van der Waals surface area contributed by atoms with Crippen LogP contribution < -0.4 is 9.80 Å². The van der Waals surface area contributed by atoms with Gasteiger partial charge in [0, 0.05) is 54.7 Å². The summed E-state index contributed by atoms with van der Waals surface area (Å²) < 4.78 is 28.4. The second kappa shape index (κ2) is 9.41. The number of amides is 1. The Bertz CT molecular complexity index is 1310. The fraction of sp³-hybridized carbons (Fsp3) is 0.269. The Labute approximate surface area is 205 Å². The molecule has 8 heteroatoms. The number of halogens is 1. The van der Waals surface area contributed by atoms with E-state index in [0.29, 0.717) is 43.3 Å². The van der Waals surface area contributed by atoms with E-state index in [-0.39, 0.29) is 10.8 Å². The molecule has 2 aliphatic heterocycles. The molecule has 0 spiro atoms. The monoisotopic (exact) mass is 495 g/mol. The van der Waals surface area contributed by atoms with Crippen LogP contribution in [0.5, 0.6) is 0 Å². The van der Waals surface area contributed by atoms with Gasteiger partial charge in [-0.05, 0) is 66.9 Å². The molecule has 0 N–H and O–H groups in total. The molecule has 2 heterocycles. The highest BCUT2D eigenvalue weighted by molar-refractivity contribution is 7.89. The predicted molar refractivity (Wildman–Crippen MR) is 135 cm³/mol. The Morgan fingerprint density at radius 3 is 2.32 bits per heavy atom. The third-order valence-electron chi connectivity index (χ3n) is 6.48. The van der Waals surface area contributed by atoms with Gasteiger partial charge in [-0.3, -0.25) is 4.79 Å². The molecule has 0 unspecified atom stereocenters. The summed E-state index contributed by atoms with van der Waals surface area (Å²) in [6.45, 7) is 2.76. The first kappa shape index (κ1) is 22.9. The van der Waals surface area contributed by atoms with Gasteiger partial charge in [0.25, 0.3) is 5.91 Å². The fourth-order valence-corrected chi connectivity index (χ4v) is 6.36. The number of hydrogen-bond acceptors (Lipinski definition) is 4. The van der Waals surface area contributed by atoms with Gasteiger partial charge in [0.05, 0.1) is 4.90 Å². The number of para-hydroxylation sites is 1. The average molecular weight is 496 g/mol. The van der Waals surface area contributed by atoms with Crippen LogP contribution in [0, 0.1) is 0 Å². The number of benzene rings is 3. The van der Waals surface area contributed by atoms with E-state index < -0.39 is 10.0 Å². The standard InChI is InChI=1S/C26H26ClN3O3S/c27-22-8-4-6-21(18-22)26(31)30-13-5-7-20-19-24(11-12-25(20)30)34(32,33)29-16-14-28(15-17-29)23-9-2-1-3-10-23/h1-4,6,8-12,18-19H,5,7,13-17H2. The Balaban J connectivity index is 1.35. The van der Waals surface area contributed by atoms with Crippen molar-refractivity contribution in [3.05, 3.63) is 88.9 Å². The van der Waals surface area contributed by atoms with Crippen LogP contribution in [0.25, 0.3) is 0 Å². The molecule has 3 aromatic carbocycles. The van der Waals surface area contributed by atoms with Crippen molar-refractivity contribution in [2.45, 2.75) is 17.7 Å². The molecular weight excluding hydrogens is 470 g/mol. The van der Waals surface area contributed by atoms with Crippen molar-refractivity contribution in [2.24, 2.45) is 0 Å². The summed E-state index contributed by atoms with van der Waals surface area (Å²) in [5, 5.41) is 0.511. The lowest BCUT2D eigenvalue weighted by Gasteiger charge is -2.35. The number of carbonyl (C=O) groups excluding carboxylic acids is 1. The lowest BCUT2D eigenvalue weighted by atomic mass is 10.0.